The maximum atomic E-state index is 12.5. The molecule has 0 N–H and O–H groups in total. The van der Waals surface area contributed by atoms with Gasteiger partial charge in [-0.25, -0.2) is 8.42 Å². The van der Waals surface area contributed by atoms with E-state index in [0.29, 0.717) is 5.92 Å². The van der Waals surface area contributed by atoms with E-state index in [4.69, 9.17) is 0 Å². The molecule has 0 aromatic rings. The Labute approximate surface area is 98.3 Å². The van der Waals surface area contributed by atoms with E-state index in [0.717, 1.165) is 19.4 Å². The van der Waals surface area contributed by atoms with Crippen molar-refractivity contribution in [2.24, 2.45) is 11.3 Å². The first kappa shape index (κ1) is 11.0. The van der Waals surface area contributed by atoms with Crippen molar-refractivity contribution in [3.8, 4) is 0 Å². The Morgan fingerprint density at radius 2 is 1.69 bits per heavy atom. The van der Waals surface area contributed by atoms with Crippen LogP contribution in [0.2, 0.25) is 0 Å². The fraction of sp³-hybridized carbons (Fsp3) is 1.00. The Hall–Kier alpha value is -0.0900. The molecule has 0 radical (unpaired) electrons. The number of sulfonamides is 1. The summed E-state index contributed by atoms with van der Waals surface area (Å²) in [6.07, 6.45) is 4.14. The van der Waals surface area contributed by atoms with Gasteiger partial charge in [-0.1, -0.05) is 13.8 Å². The molecule has 1 atom stereocenters. The van der Waals surface area contributed by atoms with Gasteiger partial charge in [0.25, 0.3) is 0 Å². The van der Waals surface area contributed by atoms with Crippen molar-refractivity contribution in [1.82, 2.24) is 4.31 Å². The minimum atomic E-state index is -3.02. The first-order valence-electron chi connectivity index (χ1n) is 6.29. The first-order chi connectivity index (χ1) is 7.28. The second-order valence-corrected chi connectivity index (χ2v) is 9.18. The lowest BCUT2D eigenvalue weighted by Gasteiger charge is -2.54. The van der Waals surface area contributed by atoms with E-state index >= 15 is 0 Å². The van der Waals surface area contributed by atoms with E-state index in [1.165, 1.54) is 12.8 Å². The molecule has 1 heterocycles. The van der Waals surface area contributed by atoms with Crippen molar-refractivity contribution < 1.29 is 8.42 Å². The molecule has 1 unspecified atom stereocenters. The highest BCUT2D eigenvalue weighted by atomic mass is 32.2. The molecular formula is C12H21NO2S. The molecule has 0 spiro atoms. The Morgan fingerprint density at radius 1 is 1.12 bits per heavy atom. The maximum absolute atomic E-state index is 12.5. The summed E-state index contributed by atoms with van der Waals surface area (Å²) in [6, 6.07) is 0.287. The highest BCUT2D eigenvalue weighted by Gasteiger charge is 2.63. The number of rotatable bonds is 3. The predicted molar refractivity (Wildman–Crippen MR) is 63.6 cm³/mol. The smallest absolute Gasteiger partial charge is 0.212 e. The van der Waals surface area contributed by atoms with Gasteiger partial charge in [-0.05, 0) is 43.9 Å². The molecule has 2 saturated carbocycles. The molecule has 3 fully saturated rings. The standard InChI is InChI=1S/C12H21NO2S/c1-11(2)8-13(10(11)9-4-5-9)16(14,15)12(3)6-7-12/h9-10H,4-8H2,1-3H3. The van der Waals surface area contributed by atoms with Crippen LogP contribution in [-0.2, 0) is 10.0 Å². The van der Waals surface area contributed by atoms with Gasteiger partial charge in [0.1, 0.15) is 0 Å². The summed E-state index contributed by atoms with van der Waals surface area (Å²) in [7, 11) is -3.02. The average Bonchev–Trinajstić information content (AvgIpc) is 2.99. The second kappa shape index (κ2) is 2.83. The zero-order valence-corrected chi connectivity index (χ0v) is 11.2. The summed E-state index contributed by atoms with van der Waals surface area (Å²) in [5.41, 5.74) is 0.194. The van der Waals surface area contributed by atoms with Crippen LogP contribution in [0.25, 0.3) is 0 Å². The lowest BCUT2D eigenvalue weighted by molar-refractivity contribution is 0.00515. The Morgan fingerprint density at radius 3 is 2.06 bits per heavy atom. The van der Waals surface area contributed by atoms with Crippen molar-refractivity contribution in [3.63, 3.8) is 0 Å². The SMILES string of the molecule is CC1(C)CN(S(=O)(=O)C2(C)CC2)C1C1CC1. The van der Waals surface area contributed by atoms with Crippen LogP contribution >= 0.6 is 0 Å². The van der Waals surface area contributed by atoms with Crippen LogP contribution in [0, 0.1) is 11.3 Å². The summed E-state index contributed by atoms with van der Waals surface area (Å²) < 4.78 is 26.3. The molecule has 0 aromatic heterocycles. The normalized spacial score (nSPS) is 36.8. The number of nitrogens with zero attached hydrogens (tertiary/aromatic N) is 1. The molecule has 92 valence electrons. The third-order valence-electron chi connectivity index (χ3n) is 4.63. The summed E-state index contributed by atoms with van der Waals surface area (Å²) in [6.45, 7) is 7.04. The van der Waals surface area contributed by atoms with Gasteiger partial charge in [0, 0.05) is 12.6 Å². The minimum Gasteiger partial charge on any atom is -0.212 e. The quantitative estimate of drug-likeness (QED) is 0.760. The topological polar surface area (TPSA) is 37.4 Å². The molecule has 1 aliphatic heterocycles. The lowest BCUT2D eigenvalue weighted by Crippen LogP contribution is -2.66. The third-order valence-corrected chi connectivity index (χ3v) is 7.26. The molecule has 16 heavy (non-hydrogen) atoms. The lowest BCUT2D eigenvalue weighted by atomic mass is 9.75. The first-order valence-corrected chi connectivity index (χ1v) is 7.73. The highest BCUT2D eigenvalue weighted by Crippen LogP contribution is 2.55. The van der Waals surface area contributed by atoms with Gasteiger partial charge < -0.3 is 0 Å². The molecule has 2 aliphatic carbocycles. The van der Waals surface area contributed by atoms with Crippen LogP contribution < -0.4 is 0 Å². The van der Waals surface area contributed by atoms with Crippen LogP contribution in [0.3, 0.4) is 0 Å². The Kier molecular flexibility index (Phi) is 1.95. The van der Waals surface area contributed by atoms with E-state index in [1.807, 2.05) is 11.2 Å². The van der Waals surface area contributed by atoms with Crippen LogP contribution in [0.15, 0.2) is 0 Å². The average molecular weight is 243 g/mol. The monoisotopic (exact) mass is 243 g/mol. The molecular weight excluding hydrogens is 222 g/mol. The minimum absolute atomic E-state index is 0.194. The summed E-state index contributed by atoms with van der Waals surface area (Å²) in [5, 5.41) is 0. The van der Waals surface area contributed by atoms with E-state index in [9.17, 15) is 8.42 Å². The molecule has 0 bridgehead atoms. The molecule has 0 amide bonds. The summed E-state index contributed by atoms with van der Waals surface area (Å²) in [5.74, 6) is 0.640. The van der Waals surface area contributed by atoms with E-state index in [2.05, 4.69) is 13.8 Å². The van der Waals surface area contributed by atoms with Gasteiger partial charge in [-0.3, -0.25) is 0 Å². The molecule has 3 aliphatic rings. The summed E-state index contributed by atoms with van der Waals surface area (Å²) >= 11 is 0. The van der Waals surface area contributed by atoms with Gasteiger partial charge in [-0.15, -0.1) is 0 Å². The van der Waals surface area contributed by atoms with Crippen LogP contribution in [0.4, 0.5) is 0 Å². The zero-order valence-electron chi connectivity index (χ0n) is 10.4. The molecule has 3 rings (SSSR count). The zero-order chi connectivity index (χ0) is 11.8. The van der Waals surface area contributed by atoms with Crippen LogP contribution in [-0.4, -0.2) is 30.1 Å². The maximum Gasteiger partial charge on any atom is 0.219 e. The van der Waals surface area contributed by atoms with Crippen molar-refractivity contribution in [2.45, 2.75) is 57.2 Å². The fourth-order valence-electron chi connectivity index (χ4n) is 3.11. The largest absolute Gasteiger partial charge is 0.219 e. The van der Waals surface area contributed by atoms with Crippen molar-refractivity contribution in [3.05, 3.63) is 0 Å². The van der Waals surface area contributed by atoms with Crippen molar-refractivity contribution in [2.75, 3.05) is 6.54 Å². The highest BCUT2D eigenvalue weighted by molar-refractivity contribution is 7.90. The van der Waals surface area contributed by atoms with Crippen molar-refractivity contribution in [1.29, 1.82) is 0 Å². The summed E-state index contributed by atoms with van der Waals surface area (Å²) in [4.78, 5) is 0. The predicted octanol–water partition coefficient (Wildman–Crippen LogP) is 1.99. The van der Waals surface area contributed by atoms with Gasteiger partial charge >= 0.3 is 0 Å². The van der Waals surface area contributed by atoms with Crippen LogP contribution in [0.1, 0.15) is 46.5 Å². The van der Waals surface area contributed by atoms with Crippen LogP contribution in [0.5, 0.6) is 0 Å². The third kappa shape index (κ3) is 1.32. The fourth-order valence-corrected chi connectivity index (χ4v) is 5.55. The van der Waals surface area contributed by atoms with Gasteiger partial charge in [0.15, 0.2) is 0 Å². The van der Waals surface area contributed by atoms with Gasteiger partial charge in [-0.2, -0.15) is 4.31 Å². The number of hydrogen-bond donors (Lipinski definition) is 0. The van der Waals surface area contributed by atoms with E-state index in [-0.39, 0.29) is 11.5 Å². The molecule has 4 heteroatoms. The van der Waals surface area contributed by atoms with Gasteiger partial charge in [0.05, 0.1) is 4.75 Å². The number of hydrogen-bond acceptors (Lipinski definition) is 2. The molecule has 3 nitrogen and oxygen atoms in total. The molecule has 1 saturated heterocycles. The van der Waals surface area contributed by atoms with Crippen molar-refractivity contribution >= 4 is 10.0 Å². The second-order valence-electron chi connectivity index (χ2n) is 6.77. The Balaban J connectivity index is 1.86. The molecule has 0 aromatic carbocycles. The van der Waals surface area contributed by atoms with E-state index < -0.39 is 14.8 Å². The van der Waals surface area contributed by atoms with Gasteiger partial charge in [0.2, 0.25) is 10.0 Å². The van der Waals surface area contributed by atoms with E-state index in [1.54, 1.807) is 0 Å². The Bertz CT molecular complexity index is 418.